The van der Waals surface area contributed by atoms with Gasteiger partial charge in [0.1, 0.15) is 5.82 Å². The summed E-state index contributed by atoms with van der Waals surface area (Å²) >= 11 is 0. The Morgan fingerprint density at radius 3 is 2.57 bits per heavy atom. The normalized spacial score (nSPS) is 16.6. The number of rotatable bonds is 9. The van der Waals surface area contributed by atoms with Crippen LogP contribution in [0.15, 0.2) is 53.3 Å². The third kappa shape index (κ3) is 6.05. The third-order valence-corrected chi connectivity index (χ3v) is 7.22. The van der Waals surface area contributed by atoms with Crippen LogP contribution < -0.4 is 10.2 Å². The minimum absolute atomic E-state index is 0.0628. The van der Waals surface area contributed by atoms with Crippen LogP contribution in [0, 0.1) is 5.41 Å². The first kappa shape index (κ1) is 26.5. The molecule has 0 radical (unpaired) electrons. The van der Waals surface area contributed by atoms with Crippen LogP contribution in [0.4, 0.5) is 11.5 Å². The van der Waals surface area contributed by atoms with E-state index in [4.69, 9.17) is 5.41 Å². The first-order valence-corrected chi connectivity index (χ1v) is 13.1. The molecular formula is C30H37N5O2. The Morgan fingerprint density at radius 1 is 1.14 bits per heavy atom. The molecule has 1 aliphatic heterocycles. The largest absolute Gasteiger partial charge is 0.385 e. The summed E-state index contributed by atoms with van der Waals surface area (Å²) in [4.78, 5) is 35.3. The minimum Gasteiger partial charge on any atom is -0.385 e. The number of allylic oxidation sites excluding steroid dienone is 4. The standard InChI is InChI=1S/C30H37N5O2/c1-5-32-27-17-23(22-8-9-33-30(18-22)35-12-10-34(4)11-13-35)16-25(26(27)19-31)28(36)7-6-24-21(3)14-20(2)15-29(24)37/h8-9,14,16-19,31-32H,5-7,10-13,15H2,1-4H3. The van der Waals surface area contributed by atoms with Gasteiger partial charge in [-0.1, -0.05) is 11.6 Å². The Labute approximate surface area is 219 Å². The van der Waals surface area contributed by atoms with E-state index in [0.29, 0.717) is 30.5 Å². The molecule has 0 spiro atoms. The minimum atomic E-state index is -0.0628. The second-order valence-corrected chi connectivity index (χ2v) is 10.0. The molecule has 1 aromatic heterocycles. The SMILES string of the molecule is CCNc1cc(-c2ccnc(N3CCN(C)CC3)c2)cc(C(=O)CCC2=C(C)C=C(C)CC2=O)c1C=N. The molecule has 1 aromatic carbocycles. The second kappa shape index (κ2) is 11.6. The Bertz CT molecular complexity index is 1270. The number of piperazine rings is 1. The summed E-state index contributed by atoms with van der Waals surface area (Å²) in [5.41, 5.74) is 6.49. The van der Waals surface area contributed by atoms with Crippen molar-refractivity contribution in [2.45, 2.75) is 40.0 Å². The average Bonchev–Trinajstić information content (AvgIpc) is 2.88. The molecule has 194 valence electrons. The van der Waals surface area contributed by atoms with Gasteiger partial charge in [0, 0.05) is 74.8 Å². The van der Waals surface area contributed by atoms with Crippen molar-refractivity contribution in [1.82, 2.24) is 9.88 Å². The third-order valence-electron chi connectivity index (χ3n) is 7.22. The van der Waals surface area contributed by atoms with Gasteiger partial charge >= 0.3 is 0 Å². The lowest BCUT2D eigenvalue weighted by molar-refractivity contribution is -0.115. The second-order valence-electron chi connectivity index (χ2n) is 10.0. The Kier molecular flexibility index (Phi) is 8.34. The van der Waals surface area contributed by atoms with Gasteiger partial charge in [-0.2, -0.15) is 0 Å². The molecule has 4 rings (SSSR count). The molecule has 1 aliphatic carbocycles. The number of ketones is 2. The van der Waals surface area contributed by atoms with Crippen molar-refractivity contribution in [2.75, 3.05) is 50.0 Å². The van der Waals surface area contributed by atoms with Crippen molar-refractivity contribution in [3.05, 3.63) is 64.4 Å². The first-order valence-electron chi connectivity index (χ1n) is 13.1. The van der Waals surface area contributed by atoms with Crippen LogP contribution in [0.3, 0.4) is 0 Å². The predicted molar refractivity (Wildman–Crippen MR) is 151 cm³/mol. The molecule has 2 heterocycles. The number of hydrogen-bond acceptors (Lipinski definition) is 7. The molecular weight excluding hydrogens is 462 g/mol. The van der Waals surface area contributed by atoms with Crippen LogP contribution in [-0.4, -0.2) is 67.4 Å². The lowest BCUT2D eigenvalue weighted by atomic mass is 9.88. The van der Waals surface area contributed by atoms with Gasteiger partial charge in [0.15, 0.2) is 11.6 Å². The molecule has 1 fully saturated rings. The highest BCUT2D eigenvalue weighted by Crippen LogP contribution is 2.32. The Balaban J connectivity index is 1.66. The molecule has 0 amide bonds. The smallest absolute Gasteiger partial charge is 0.163 e. The maximum absolute atomic E-state index is 13.5. The van der Waals surface area contributed by atoms with Crippen molar-refractivity contribution in [3.63, 3.8) is 0 Å². The van der Waals surface area contributed by atoms with Crippen LogP contribution in [-0.2, 0) is 4.79 Å². The average molecular weight is 500 g/mol. The van der Waals surface area contributed by atoms with Gasteiger partial charge in [-0.05, 0) is 80.8 Å². The summed E-state index contributed by atoms with van der Waals surface area (Å²) in [7, 11) is 2.13. The number of likely N-dealkylation sites (N-methyl/N-ethyl adjacent to an activating group) is 1. The van der Waals surface area contributed by atoms with Gasteiger partial charge in [-0.15, -0.1) is 0 Å². The van der Waals surface area contributed by atoms with Gasteiger partial charge in [-0.25, -0.2) is 4.98 Å². The van der Waals surface area contributed by atoms with E-state index in [1.165, 1.54) is 6.21 Å². The van der Waals surface area contributed by atoms with Crippen molar-refractivity contribution in [1.29, 1.82) is 5.41 Å². The maximum Gasteiger partial charge on any atom is 0.163 e. The number of aromatic nitrogens is 1. The summed E-state index contributed by atoms with van der Waals surface area (Å²) in [6, 6.07) is 7.94. The Hall–Kier alpha value is -3.58. The van der Waals surface area contributed by atoms with Gasteiger partial charge in [0.25, 0.3) is 0 Å². The van der Waals surface area contributed by atoms with E-state index in [2.05, 4.69) is 33.2 Å². The highest BCUT2D eigenvalue weighted by molar-refractivity contribution is 6.08. The number of pyridine rings is 1. The number of hydrogen-bond donors (Lipinski definition) is 2. The molecule has 2 N–H and O–H groups in total. The maximum atomic E-state index is 13.5. The van der Waals surface area contributed by atoms with E-state index in [1.807, 2.05) is 51.2 Å². The van der Waals surface area contributed by atoms with Crippen LogP contribution in [0.1, 0.15) is 56.0 Å². The molecule has 7 nitrogen and oxygen atoms in total. The molecule has 0 unspecified atom stereocenters. The van der Waals surface area contributed by atoms with Crippen molar-refractivity contribution >= 4 is 29.3 Å². The van der Waals surface area contributed by atoms with Gasteiger partial charge in [-0.3, -0.25) is 9.59 Å². The number of anilines is 2. The number of Topliss-reactive ketones (excluding diaryl/α,β-unsaturated/α-hetero) is 2. The van der Waals surface area contributed by atoms with Crippen molar-refractivity contribution in [3.8, 4) is 11.1 Å². The highest BCUT2D eigenvalue weighted by Gasteiger charge is 2.22. The quantitative estimate of drug-likeness (QED) is 0.367. The summed E-state index contributed by atoms with van der Waals surface area (Å²) in [6.45, 7) is 10.4. The molecule has 1 saturated heterocycles. The highest BCUT2D eigenvalue weighted by atomic mass is 16.1. The fourth-order valence-electron chi connectivity index (χ4n) is 5.15. The summed E-state index contributed by atoms with van der Waals surface area (Å²) < 4.78 is 0. The van der Waals surface area contributed by atoms with E-state index < -0.39 is 0 Å². The number of benzene rings is 1. The molecule has 0 bridgehead atoms. The molecule has 7 heteroatoms. The number of nitrogens with one attached hydrogen (secondary N) is 2. The number of carbonyl (C=O) groups is 2. The Morgan fingerprint density at radius 2 is 1.89 bits per heavy atom. The molecule has 37 heavy (non-hydrogen) atoms. The number of nitrogens with zero attached hydrogens (tertiary/aromatic N) is 3. The van der Waals surface area contributed by atoms with E-state index in [1.54, 1.807) is 0 Å². The van der Waals surface area contributed by atoms with Crippen LogP contribution in [0.25, 0.3) is 11.1 Å². The topological polar surface area (TPSA) is 89.4 Å². The van der Waals surface area contributed by atoms with Crippen LogP contribution in [0.2, 0.25) is 0 Å². The zero-order chi connectivity index (χ0) is 26.5. The summed E-state index contributed by atoms with van der Waals surface area (Å²) in [6.07, 6.45) is 6.17. The van der Waals surface area contributed by atoms with Crippen LogP contribution in [0.5, 0.6) is 0 Å². The fraction of sp³-hybridized carbons (Fsp3) is 0.400. The van der Waals surface area contributed by atoms with Gasteiger partial charge in [0.2, 0.25) is 0 Å². The number of carbonyl (C=O) groups excluding carboxylic acids is 2. The van der Waals surface area contributed by atoms with Gasteiger partial charge in [0.05, 0.1) is 0 Å². The van der Waals surface area contributed by atoms with Crippen LogP contribution >= 0.6 is 0 Å². The zero-order valence-electron chi connectivity index (χ0n) is 22.4. The molecule has 0 atom stereocenters. The van der Waals surface area contributed by atoms with Gasteiger partial charge < -0.3 is 20.5 Å². The van der Waals surface area contributed by atoms with E-state index >= 15 is 0 Å². The first-order chi connectivity index (χ1) is 17.8. The lowest BCUT2D eigenvalue weighted by Crippen LogP contribution is -2.44. The fourth-order valence-corrected chi connectivity index (χ4v) is 5.15. The van der Waals surface area contributed by atoms with E-state index in [0.717, 1.165) is 65.5 Å². The predicted octanol–water partition coefficient (Wildman–Crippen LogP) is 5.13. The molecule has 2 aromatic rings. The summed E-state index contributed by atoms with van der Waals surface area (Å²) in [5, 5.41) is 11.4. The lowest BCUT2D eigenvalue weighted by Gasteiger charge is -2.33. The van der Waals surface area contributed by atoms with Crippen molar-refractivity contribution in [2.24, 2.45) is 0 Å². The monoisotopic (exact) mass is 499 g/mol. The molecule has 0 saturated carbocycles. The van der Waals surface area contributed by atoms with E-state index in [-0.39, 0.29) is 18.0 Å². The van der Waals surface area contributed by atoms with E-state index in [9.17, 15) is 9.59 Å². The molecule has 2 aliphatic rings. The summed E-state index contributed by atoms with van der Waals surface area (Å²) in [5.74, 6) is 0.973. The zero-order valence-corrected chi connectivity index (χ0v) is 22.4. The van der Waals surface area contributed by atoms with Crippen molar-refractivity contribution < 1.29 is 9.59 Å².